The van der Waals surface area contributed by atoms with Crippen LogP contribution >= 0.6 is 0 Å². The molecule has 0 aliphatic heterocycles. The van der Waals surface area contributed by atoms with Crippen LogP contribution in [0.25, 0.3) is 0 Å². The van der Waals surface area contributed by atoms with Crippen molar-refractivity contribution >= 4 is 11.6 Å². The van der Waals surface area contributed by atoms with Crippen molar-refractivity contribution in [2.75, 3.05) is 11.9 Å². The lowest BCUT2D eigenvalue weighted by molar-refractivity contribution is -0.112. The first kappa shape index (κ1) is 17.8. The molecule has 0 fully saturated rings. The molecule has 2 aromatic carbocycles. The third-order valence-electron chi connectivity index (χ3n) is 3.55. The Balaban J connectivity index is 1.94. The minimum absolute atomic E-state index is 0.0445. The molecule has 0 unspecified atom stereocenters. The SMILES string of the molecule is Cc1cccc(CCN/C=C(/C#N)C(=O)Nc2ccccc2C#N)c1. The number of aryl methyl sites for hydroxylation is 1. The van der Waals surface area contributed by atoms with Crippen LogP contribution in [-0.4, -0.2) is 12.5 Å². The molecule has 2 aromatic rings. The van der Waals surface area contributed by atoms with E-state index >= 15 is 0 Å². The van der Waals surface area contributed by atoms with Crippen LogP contribution in [0.1, 0.15) is 16.7 Å². The topological polar surface area (TPSA) is 88.7 Å². The lowest BCUT2D eigenvalue weighted by atomic mass is 10.1. The lowest BCUT2D eigenvalue weighted by Crippen LogP contribution is -2.18. The van der Waals surface area contributed by atoms with Gasteiger partial charge in [0.2, 0.25) is 0 Å². The molecule has 5 heteroatoms. The first-order valence-electron chi connectivity index (χ1n) is 7.83. The number of hydrogen-bond acceptors (Lipinski definition) is 4. The third-order valence-corrected chi connectivity index (χ3v) is 3.55. The summed E-state index contributed by atoms with van der Waals surface area (Å²) in [5, 5.41) is 23.8. The van der Waals surface area contributed by atoms with E-state index in [0.717, 1.165) is 6.42 Å². The number of hydrogen-bond donors (Lipinski definition) is 2. The molecule has 5 nitrogen and oxygen atoms in total. The van der Waals surface area contributed by atoms with Gasteiger partial charge in [-0.05, 0) is 31.0 Å². The molecule has 25 heavy (non-hydrogen) atoms. The first-order valence-corrected chi connectivity index (χ1v) is 7.83. The molecule has 0 radical (unpaired) electrons. The number of anilines is 1. The van der Waals surface area contributed by atoms with Crippen LogP contribution in [-0.2, 0) is 11.2 Å². The van der Waals surface area contributed by atoms with Crippen molar-refractivity contribution in [3.8, 4) is 12.1 Å². The highest BCUT2D eigenvalue weighted by Crippen LogP contribution is 2.14. The molecular weight excluding hydrogens is 312 g/mol. The summed E-state index contributed by atoms with van der Waals surface area (Å²) in [7, 11) is 0. The number of amides is 1. The lowest BCUT2D eigenvalue weighted by Gasteiger charge is -2.07. The van der Waals surface area contributed by atoms with Crippen LogP contribution in [0, 0.1) is 29.6 Å². The van der Waals surface area contributed by atoms with Crippen molar-refractivity contribution in [3.05, 3.63) is 77.0 Å². The van der Waals surface area contributed by atoms with E-state index in [9.17, 15) is 4.79 Å². The van der Waals surface area contributed by atoms with Gasteiger partial charge in [-0.3, -0.25) is 4.79 Å². The van der Waals surface area contributed by atoms with E-state index in [1.54, 1.807) is 24.3 Å². The zero-order valence-electron chi connectivity index (χ0n) is 13.9. The molecule has 0 saturated heterocycles. The summed E-state index contributed by atoms with van der Waals surface area (Å²) in [6, 6.07) is 18.7. The number of para-hydroxylation sites is 1. The van der Waals surface area contributed by atoms with E-state index in [0.29, 0.717) is 17.8 Å². The summed E-state index contributed by atoms with van der Waals surface area (Å²) in [4.78, 5) is 12.2. The van der Waals surface area contributed by atoms with Gasteiger partial charge in [-0.1, -0.05) is 42.0 Å². The van der Waals surface area contributed by atoms with Crippen molar-refractivity contribution < 1.29 is 4.79 Å². The second-order valence-electron chi connectivity index (χ2n) is 5.47. The monoisotopic (exact) mass is 330 g/mol. The number of nitriles is 2. The van der Waals surface area contributed by atoms with E-state index in [2.05, 4.69) is 16.7 Å². The number of carbonyl (C=O) groups is 1. The minimum atomic E-state index is -0.548. The van der Waals surface area contributed by atoms with Gasteiger partial charge >= 0.3 is 0 Å². The maximum absolute atomic E-state index is 12.2. The van der Waals surface area contributed by atoms with Gasteiger partial charge < -0.3 is 10.6 Å². The number of nitrogens with zero attached hydrogens (tertiary/aromatic N) is 2. The van der Waals surface area contributed by atoms with E-state index in [-0.39, 0.29) is 5.57 Å². The van der Waals surface area contributed by atoms with Crippen LogP contribution in [0.4, 0.5) is 5.69 Å². The molecule has 0 aliphatic carbocycles. The standard InChI is InChI=1S/C20H18N4O/c1-15-5-4-6-16(11-15)9-10-23-14-18(13-22)20(25)24-19-8-3-2-7-17(19)12-21/h2-8,11,14,23H,9-10H2,1H3,(H,24,25)/b18-14-. The maximum atomic E-state index is 12.2. The van der Waals surface area contributed by atoms with Gasteiger partial charge in [-0.2, -0.15) is 10.5 Å². The van der Waals surface area contributed by atoms with Crippen molar-refractivity contribution in [2.24, 2.45) is 0 Å². The fourth-order valence-corrected chi connectivity index (χ4v) is 2.29. The summed E-state index contributed by atoms with van der Waals surface area (Å²) in [6.45, 7) is 2.64. The maximum Gasteiger partial charge on any atom is 0.267 e. The molecule has 0 aliphatic rings. The first-order chi connectivity index (χ1) is 12.1. The summed E-state index contributed by atoms with van der Waals surface area (Å²) < 4.78 is 0. The number of carbonyl (C=O) groups excluding carboxylic acids is 1. The zero-order valence-corrected chi connectivity index (χ0v) is 13.9. The predicted molar refractivity (Wildman–Crippen MR) is 96.4 cm³/mol. The number of benzene rings is 2. The second kappa shape index (κ2) is 8.90. The Bertz CT molecular complexity index is 872. The highest BCUT2D eigenvalue weighted by Gasteiger charge is 2.11. The Kier molecular flexibility index (Phi) is 6.33. The van der Waals surface area contributed by atoms with Gasteiger partial charge in [0.15, 0.2) is 0 Å². The zero-order chi connectivity index (χ0) is 18.1. The highest BCUT2D eigenvalue weighted by atomic mass is 16.1. The molecule has 0 spiro atoms. The van der Waals surface area contributed by atoms with Crippen molar-refractivity contribution in [1.82, 2.24) is 5.32 Å². The van der Waals surface area contributed by atoms with Gasteiger partial charge in [0, 0.05) is 12.7 Å². The van der Waals surface area contributed by atoms with Gasteiger partial charge in [0.05, 0.1) is 11.3 Å². The molecule has 124 valence electrons. The molecule has 1 amide bonds. The van der Waals surface area contributed by atoms with Crippen LogP contribution in [0.5, 0.6) is 0 Å². The van der Waals surface area contributed by atoms with Gasteiger partial charge in [-0.25, -0.2) is 0 Å². The summed E-state index contributed by atoms with van der Waals surface area (Å²) in [5.74, 6) is -0.548. The average Bonchev–Trinajstić information content (AvgIpc) is 2.62. The van der Waals surface area contributed by atoms with Gasteiger partial charge in [0.1, 0.15) is 17.7 Å². The van der Waals surface area contributed by atoms with Crippen LogP contribution < -0.4 is 10.6 Å². The number of rotatable bonds is 6. The average molecular weight is 330 g/mol. The molecule has 0 bridgehead atoms. The highest BCUT2D eigenvalue weighted by molar-refractivity contribution is 6.07. The summed E-state index contributed by atoms with van der Waals surface area (Å²) >= 11 is 0. The fraction of sp³-hybridized carbons (Fsp3) is 0.150. The number of nitrogens with one attached hydrogen (secondary N) is 2. The quantitative estimate of drug-likeness (QED) is 0.484. The molecule has 0 heterocycles. The smallest absolute Gasteiger partial charge is 0.267 e. The Morgan fingerprint density at radius 3 is 2.68 bits per heavy atom. The fourth-order valence-electron chi connectivity index (χ4n) is 2.29. The van der Waals surface area contributed by atoms with E-state index in [4.69, 9.17) is 10.5 Å². The van der Waals surface area contributed by atoms with E-state index in [1.807, 2.05) is 37.3 Å². The van der Waals surface area contributed by atoms with Crippen LogP contribution in [0.2, 0.25) is 0 Å². The summed E-state index contributed by atoms with van der Waals surface area (Å²) in [6.07, 6.45) is 2.19. The minimum Gasteiger partial charge on any atom is -0.389 e. The molecule has 0 atom stereocenters. The molecule has 0 aromatic heterocycles. The molecule has 2 rings (SSSR count). The van der Waals surface area contributed by atoms with Gasteiger partial charge in [-0.15, -0.1) is 0 Å². The second-order valence-corrected chi connectivity index (χ2v) is 5.47. The summed E-state index contributed by atoms with van der Waals surface area (Å²) in [5.41, 5.74) is 3.07. The van der Waals surface area contributed by atoms with Crippen molar-refractivity contribution in [1.29, 1.82) is 10.5 Å². The normalized spacial score (nSPS) is 10.4. The van der Waals surface area contributed by atoms with Gasteiger partial charge in [0.25, 0.3) is 5.91 Å². The molecular formula is C20H18N4O. The Hall–Kier alpha value is -3.57. The predicted octanol–water partition coefficient (Wildman–Crippen LogP) is 3.04. The van der Waals surface area contributed by atoms with Crippen LogP contribution in [0.15, 0.2) is 60.3 Å². The Labute approximate surface area is 147 Å². The largest absolute Gasteiger partial charge is 0.389 e. The van der Waals surface area contributed by atoms with E-state index < -0.39 is 5.91 Å². The van der Waals surface area contributed by atoms with Crippen molar-refractivity contribution in [3.63, 3.8) is 0 Å². The Morgan fingerprint density at radius 2 is 1.96 bits per heavy atom. The molecule has 2 N–H and O–H groups in total. The van der Waals surface area contributed by atoms with Crippen LogP contribution in [0.3, 0.4) is 0 Å². The third kappa shape index (κ3) is 5.23. The van der Waals surface area contributed by atoms with E-state index in [1.165, 1.54) is 17.3 Å². The Morgan fingerprint density at radius 1 is 1.16 bits per heavy atom. The van der Waals surface area contributed by atoms with Crippen molar-refractivity contribution in [2.45, 2.75) is 13.3 Å². The molecule has 0 saturated carbocycles.